The predicted octanol–water partition coefficient (Wildman–Crippen LogP) is 19.9. The standard InChI is InChI=1S/C66H46N2.C6H6/c1-4-12-47(13-5-1)54-32-39-60(40-33-54)67(61-41-34-55(35-42-61)48-14-6-2-7-15-48)62-43-36-56(37-44-62)53-26-24-50(25-27-53)49-20-22-51(23-21-49)52-28-30-57(31-29-52)58-38-45-66-64(46-58)63-18-10-11-19-65(63)68(66)59-16-8-3-9-17-59;1-2-4-6-5-3-1/h1-46H;1-6H. The average Bonchev–Trinajstić information content (AvgIpc) is 3.83. The van der Waals surface area contributed by atoms with Crippen molar-refractivity contribution in [2.24, 2.45) is 0 Å². The summed E-state index contributed by atoms with van der Waals surface area (Å²) in [5, 5.41) is 2.53. The number of hydrogen-bond acceptors (Lipinski definition) is 1. The third-order valence-electron chi connectivity index (χ3n) is 13.9. The van der Waals surface area contributed by atoms with Crippen molar-refractivity contribution in [1.82, 2.24) is 4.57 Å². The molecule has 0 saturated heterocycles. The summed E-state index contributed by atoms with van der Waals surface area (Å²) in [4.78, 5) is 2.33. The second kappa shape index (κ2) is 20.9. The van der Waals surface area contributed by atoms with Gasteiger partial charge in [0.2, 0.25) is 0 Å². The quantitative estimate of drug-likeness (QED) is 0.133. The van der Waals surface area contributed by atoms with E-state index >= 15 is 0 Å². The van der Waals surface area contributed by atoms with E-state index in [2.05, 4.69) is 289 Å². The average molecular weight is 945 g/mol. The van der Waals surface area contributed by atoms with E-state index in [4.69, 9.17) is 0 Å². The van der Waals surface area contributed by atoms with Crippen LogP contribution in [0.25, 0.3) is 94.3 Å². The van der Waals surface area contributed by atoms with Crippen LogP contribution in [-0.4, -0.2) is 4.57 Å². The van der Waals surface area contributed by atoms with E-state index in [1.165, 1.54) is 94.3 Å². The lowest BCUT2D eigenvalue weighted by Crippen LogP contribution is -2.09. The molecule has 0 saturated carbocycles. The zero-order valence-corrected chi connectivity index (χ0v) is 40.9. The van der Waals surface area contributed by atoms with Gasteiger partial charge < -0.3 is 9.47 Å². The largest absolute Gasteiger partial charge is 0.311 e. The highest BCUT2D eigenvalue weighted by molar-refractivity contribution is 6.10. The SMILES string of the molecule is c1ccc(-c2ccc(N(c3ccc(-c4ccccc4)cc3)c3ccc(-c4ccc(-c5ccc(-c6ccc(-c7ccc8c(c7)c7ccccc7n8-c7ccccc7)cc6)cc5)cc4)cc3)cc2)cc1.c1ccccc1. The van der Waals surface area contributed by atoms with Gasteiger partial charge in [0.15, 0.2) is 0 Å². The van der Waals surface area contributed by atoms with Crippen molar-refractivity contribution in [3.05, 3.63) is 315 Å². The number of nitrogens with zero attached hydrogens (tertiary/aromatic N) is 2. The van der Waals surface area contributed by atoms with Crippen molar-refractivity contribution in [2.45, 2.75) is 0 Å². The Labute approximate surface area is 434 Å². The lowest BCUT2D eigenvalue weighted by Gasteiger charge is -2.26. The number of fused-ring (bicyclic) bond motifs is 3. The first kappa shape index (κ1) is 45.4. The summed E-state index contributed by atoms with van der Waals surface area (Å²) < 4.78 is 2.36. The molecule has 0 atom stereocenters. The predicted molar refractivity (Wildman–Crippen MR) is 315 cm³/mol. The first-order chi connectivity index (χ1) is 36.7. The molecule has 0 aliphatic heterocycles. The third-order valence-corrected chi connectivity index (χ3v) is 13.9. The van der Waals surface area contributed by atoms with E-state index in [1.807, 2.05) is 36.4 Å². The number of hydrogen-bond donors (Lipinski definition) is 0. The minimum absolute atomic E-state index is 1.10. The maximum Gasteiger partial charge on any atom is 0.0541 e. The van der Waals surface area contributed by atoms with E-state index in [-0.39, 0.29) is 0 Å². The van der Waals surface area contributed by atoms with Gasteiger partial charge in [-0.1, -0.05) is 249 Å². The van der Waals surface area contributed by atoms with Crippen LogP contribution in [-0.2, 0) is 0 Å². The maximum absolute atomic E-state index is 2.36. The van der Waals surface area contributed by atoms with Crippen LogP contribution < -0.4 is 4.90 Å². The summed E-state index contributed by atoms with van der Waals surface area (Å²) in [6.45, 7) is 0. The number of rotatable bonds is 10. The molecule has 350 valence electrons. The van der Waals surface area contributed by atoms with Gasteiger partial charge in [-0.05, 0) is 133 Å². The third kappa shape index (κ3) is 9.56. The highest BCUT2D eigenvalue weighted by Gasteiger charge is 2.16. The van der Waals surface area contributed by atoms with E-state index in [9.17, 15) is 0 Å². The summed E-state index contributed by atoms with van der Waals surface area (Å²) in [7, 11) is 0. The monoisotopic (exact) mass is 944 g/mol. The maximum atomic E-state index is 2.36. The number of para-hydroxylation sites is 2. The van der Waals surface area contributed by atoms with Crippen LogP contribution in [0.15, 0.2) is 315 Å². The van der Waals surface area contributed by atoms with E-state index in [1.54, 1.807) is 0 Å². The number of anilines is 3. The number of aromatic nitrogens is 1. The van der Waals surface area contributed by atoms with Gasteiger partial charge in [0, 0.05) is 33.5 Å². The summed E-state index contributed by atoms with van der Waals surface area (Å²) in [6.07, 6.45) is 0. The Balaban J connectivity index is 0.000000867. The highest BCUT2D eigenvalue weighted by Crippen LogP contribution is 2.39. The van der Waals surface area contributed by atoms with Crippen molar-refractivity contribution >= 4 is 38.9 Å². The summed E-state index contributed by atoms with van der Waals surface area (Å²) in [5.41, 5.74) is 21.3. The normalized spacial score (nSPS) is 11.0. The lowest BCUT2D eigenvalue weighted by atomic mass is 9.96. The molecule has 74 heavy (non-hydrogen) atoms. The second-order valence-electron chi connectivity index (χ2n) is 18.5. The van der Waals surface area contributed by atoms with Crippen LogP contribution >= 0.6 is 0 Å². The summed E-state index contributed by atoms with van der Waals surface area (Å²) in [6, 6.07) is 113. The Morgan fingerprint density at radius 3 is 0.824 bits per heavy atom. The molecule has 0 aliphatic carbocycles. The fourth-order valence-electron chi connectivity index (χ4n) is 10.1. The molecule has 0 aliphatic rings. The molecule has 12 aromatic carbocycles. The summed E-state index contributed by atoms with van der Waals surface area (Å²) in [5.74, 6) is 0. The molecule has 0 N–H and O–H groups in total. The number of benzene rings is 12. The Kier molecular flexibility index (Phi) is 12.8. The molecule has 2 nitrogen and oxygen atoms in total. The smallest absolute Gasteiger partial charge is 0.0541 e. The van der Waals surface area contributed by atoms with Crippen molar-refractivity contribution in [3.8, 4) is 72.4 Å². The topological polar surface area (TPSA) is 8.17 Å². The highest BCUT2D eigenvalue weighted by atomic mass is 15.1. The minimum Gasteiger partial charge on any atom is -0.311 e. The Bertz CT molecular complexity index is 3790. The molecule has 1 heterocycles. The zero-order chi connectivity index (χ0) is 49.5. The van der Waals surface area contributed by atoms with Crippen molar-refractivity contribution in [1.29, 1.82) is 0 Å². The van der Waals surface area contributed by atoms with Gasteiger partial charge in [-0.25, -0.2) is 0 Å². The van der Waals surface area contributed by atoms with Crippen LogP contribution in [0.3, 0.4) is 0 Å². The fraction of sp³-hybridized carbons (Fsp3) is 0. The molecule has 0 unspecified atom stereocenters. The first-order valence-electron chi connectivity index (χ1n) is 25.3. The molecular formula is C72H52N2. The van der Waals surface area contributed by atoms with E-state index in [0.29, 0.717) is 0 Å². The Hall–Kier alpha value is -9.76. The molecule has 0 amide bonds. The van der Waals surface area contributed by atoms with Gasteiger partial charge in [-0.3, -0.25) is 0 Å². The van der Waals surface area contributed by atoms with Crippen molar-refractivity contribution in [3.63, 3.8) is 0 Å². The molecule has 13 aromatic rings. The molecule has 2 heteroatoms. The molecular weight excluding hydrogens is 893 g/mol. The molecule has 0 fully saturated rings. The Morgan fingerprint density at radius 2 is 0.446 bits per heavy atom. The zero-order valence-electron chi connectivity index (χ0n) is 40.9. The van der Waals surface area contributed by atoms with Crippen LogP contribution in [0.1, 0.15) is 0 Å². The molecule has 0 spiro atoms. The second-order valence-corrected chi connectivity index (χ2v) is 18.5. The van der Waals surface area contributed by atoms with Crippen LogP contribution in [0.4, 0.5) is 17.1 Å². The molecule has 0 bridgehead atoms. The minimum atomic E-state index is 1.10. The van der Waals surface area contributed by atoms with Gasteiger partial charge >= 0.3 is 0 Å². The van der Waals surface area contributed by atoms with Gasteiger partial charge in [0.1, 0.15) is 0 Å². The van der Waals surface area contributed by atoms with Crippen LogP contribution in [0.5, 0.6) is 0 Å². The molecule has 1 aromatic heterocycles. The van der Waals surface area contributed by atoms with E-state index in [0.717, 1.165) is 17.1 Å². The van der Waals surface area contributed by atoms with Crippen molar-refractivity contribution in [2.75, 3.05) is 4.90 Å². The van der Waals surface area contributed by atoms with Crippen molar-refractivity contribution < 1.29 is 0 Å². The lowest BCUT2D eigenvalue weighted by molar-refractivity contribution is 1.18. The fourth-order valence-corrected chi connectivity index (χ4v) is 10.1. The molecule has 13 rings (SSSR count). The Morgan fingerprint density at radius 1 is 0.189 bits per heavy atom. The molecule has 0 radical (unpaired) electrons. The van der Waals surface area contributed by atoms with Crippen LogP contribution in [0.2, 0.25) is 0 Å². The van der Waals surface area contributed by atoms with Crippen LogP contribution in [0, 0.1) is 0 Å². The first-order valence-corrected chi connectivity index (χ1v) is 25.3. The summed E-state index contributed by atoms with van der Waals surface area (Å²) >= 11 is 0. The van der Waals surface area contributed by atoms with E-state index < -0.39 is 0 Å². The van der Waals surface area contributed by atoms with Gasteiger partial charge in [0.25, 0.3) is 0 Å². The van der Waals surface area contributed by atoms with Gasteiger partial charge in [-0.15, -0.1) is 0 Å². The van der Waals surface area contributed by atoms with Gasteiger partial charge in [-0.2, -0.15) is 0 Å². The van der Waals surface area contributed by atoms with Gasteiger partial charge in [0.05, 0.1) is 11.0 Å².